The van der Waals surface area contributed by atoms with Crippen LogP contribution < -0.4 is 0 Å². The average Bonchev–Trinajstić information content (AvgIpc) is 2.12. The Labute approximate surface area is 88.5 Å². The second-order valence-corrected chi connectivity index (χ2v) is 3.57. The van der Waals surface area contributed by atoms with E-state index in [-0.39, 0.29) is 6.09 Å². The second kappa shape index (κ2) is 8.51. The van der Waals surface area contributed by atoms with Gasteiger partial charge in [0.2, 0.25) is 0 Å². The van der Waals surface area contributed by atoms with Crippen molar-refractivity contribution in [3.63, 3.8) is 0 Å². The first-order chi connectivity index (χ1) is 6.22. The number of rotatable bonds is 6. The van der Waals surface area contributed by atoms with E-state index in [4.69, 9.17) is 10.7 Å². The first kappa shape index (κ1) is 12.9. The molecular weight excluding hydrogens is 210 g/mol. The van der Waals surface area contributed by atoms with Crippen LogP contribution in [0, 0.1) is 0 Å². The van der Waals surface area contributed by atoms with Gasteiger partial charge in [-0.05, 0) is 6.42 Å². The number of carbonyl (C=O) groups is 1. The fourth-order valence-corrected chi connectivity index (χ4v) is 1.30. The van der Waals surface area contributed by atoms with Crippen LogP contribution in [0.4, 0.5) is 4.79 Å². The first-order valence-corrected chi connectivity index (χ1v) is 5.99. The van der Waals surface area contributed by atoms with Crippen molar-refractivity contribution < 1.29 is 8.98 Å². The molecular formula is C8H16ClNO2S. The van der Waals surface area contributed by atoms with Crippen LogP contribution >= 0.6 is 21.9 Å². The van der Waals surface area contributed by atoms with Gasteiger partial charge in [-0.15, -0.1) is 0 Å². The molecule has 0 aromatic carbocycles. The first-order valence-electron chi connectivity index (χ1n) is 4.42. The number of carbonyl (C=O) groups excluding carboxylic acids is 1. The second-order valence-electron chi connectivity index (χ2n) is 2.89. The number of hydrogen-bond acceptors (Lipinski definition) is 3. The van der Waals surface area contributed by atoms with E-state index in [1.165, 1.54) is 17.7 Å². The van der Waals surface area contributed by atoms with E-state index < -0.39 is 0 Å². The van der Waals surface area contributed by atoms with Crippen LogP contribution in [0.1, 0.15) is 32.6 Å². The van der Waals surface area contributed by atoms with Gasteiger partial charge >= 0.3 is 6.09 Å². The highest BCUT2D eigenvalue weighted by Gasteiger charge is 2.08. The molecule has 13 heavy (non-hydrogen) atoms. The molecule has 0 aromatic heterocycles. The van der Waals surface area contributed by atoms with Crippen molar-refractivity contribution in [2.45, 2.75) is 32.6 Å². The summed E-state index contributed by atoms with van der Waals surface area (Å²) < 4.78 is 4.53. The highest BCUT2D eigenvalue weighted by Crippen LogP contribution is 2.10. The molecule has 78 valence electrons. The van der Waals surface area contributed by atoms with Crippen LogP contribution in [-0.4, -0.2) is 24.6 Å². The summed E-state index contributed by atoms with van der Waals surface area (Å²) in [5.41, 5.74) is 0. The Balaban J connectivity index is 3.38. The topological polar surface area (TPSA) is 29.5 Å². The minimum atomic E-state index is -0.378. The molecule has 5 heteroatoms. The minimum absolute atomic E-state index is 0.378. The molecule has 1 amide bonds. The van der Waals surface area contributed by atoms with Gasteiger partial charge in [-0.1, -0.05) is 26.2 Å². The third-order valence-electron chi connectivity index (χ3n) is 1.76. The SMILES string of the molecule is CCCCCCN(C)C(=O)OSCl. The quantitative estimate of drug-likeness (QED) is 0.512. The molecule has 0 bridgehead atoms. The van der Waals surface area contributed by atoms with Gasteiger partial charge in [0, 0.05) is 24.3 Å². The normalized spacial score (nSPS) is 9.77. The van der Waals surface area contributed by atoms with Gasteiger partial charge in [0.25, 0.3) is 0 Å². The number of amides is 1. The summed E-state index contributed by atoms with van der Waals surface area (Å²) in [5, 5.41) is 0. The van der Waals surface area contributed by atoms with Crippen LogP contribution in [0.2, 0.25) is 0 Å². The lowest BCUT2D eigenvalue weighted by Crippen LogP contribution is -2.26. The highest BCUT2D eigenvalue weighted by molar-refractivity contribution is 8.17. The molecule has 0 aromatic rings. The molecule has 0 aliphatic rings. The van der Waals surface area contributed by atoms with E-state index in [1.807, 2.05) is 0 Å². The largest absolute Gasteiger partial charge is 0.422 e. The fraction of sp³-hybridized carbons (Fsp3) is 0.875. The molecule has 3 nitrogen and oxygen atoms in total. The Morgan fingerprint density at radius 2 is 2.15 bits per heavy atom. The van der Waals surface area contributed by atoms with Gasteiger partial charge in [0.15, 0.2) is 11.3 Å². The van der Waals surface area contributed by atoms with E-state index in [9.17, 15) is 4.79 Å². The molecule has 0 fully saturated rings. The molecule has 0 aliphatic carbocycles. The van der Waals surface area contributed by atoms with E-state index in [2.05, 4.69) is 11.1 Å². The Morgan fingerprint density at radius 3 is 2.69 bits per heavy atom. The number of nitrogens with zero attached hydrogens (tertiary/aromatic N) is 1. The lowest BCUT2D eigenvalue weighted by atomic mass is 10.2. The number of hydrogen-bond donors (Lipinski definition) is 0. The summed E-state index contributed by atoms with van der Waals surface area (Å²) in [6.07, 6.45) is 4.21. The van der Waals surface area contributed by atoms with Crippen molar-refractivity contribution in [2.24, 2.45) is 0 Å². The summed E-state index contributed by atoms with van der Waals surface area (Å²) in [4.78, 5) is 12.5. The van der Waals surface area contributed by atoms with Crippen molar-refractivity contribution >= 4 is 28.0 Å². The van der Waals surface area contributed by atoms with Crippen molar-refractivity contribution in [2.75, 3.05) is 13.6 Å². The van der Waals surface area contributed by atoms with Crippen LogP contribution in [0.15, 0.2) is 0 Å². The third-order valence-corrected chi connectivity index (χ3v) is 2.16. The lowest BCUT2D eigenvalue weighted by molar-refractivity contribution is 0.171. The summed E-state index contributed by atoms with van der Waals surface area (Å²) in [7, 11) is 6.88. The molecule has 0 atom stereocenters. The standard InChI is InChI=1S/C8H16ClNO2S/c1-3-4-5-6-7-10(2)8(11)12-13-9/h3-7H2,1-2H3. The zero-order valence-corrected chi connectivity index (χ0v) is 9.66. The van der Waals surface area contributed by atoms with Gasteiger partial charge in [-0.25, -0.2) is 4.79 Å². The minimum Gasteiger partial charge on any atom is -0.358 e. The zero-order valence-electron chi connectivity index (χ0n) is 8.09. The molecule has 0 rings (SSSR count). The smallest absolute Gasteiger partial charge is 0.358 e. The maximum atomic E-state index is 11.0. The molecule has 0 N–H and O–H groups in total. The van der Waals surface area contributed by atoms with Crippen molar-refractivity contribution in [1.29, 1.82) is 0 Å². The van der Waals surface area contributed by atoms with E-state index in [1.54, 1.807) is 7.05 Å². The maximum Gasteiger partial charge on any atom is 0.422 e. The monoisotopic (exact) mass is 225 g/mol. The molecule has 0 radical (unpaired) electrons. The van der Waals surface area contributed by atoms with Gasteiger partial charge in [0.1, 0.15) is 0 Å². The third kappa shape index (κ3) is 7.02. The Hall–Kier alpha value is -0.0900. The molecule has 0 saturated heterocycles. The predicted octanol–water partition coefficient (Wildman–Crippen LogP) is 3.44. The molecule has 0 heterocycles. The van der Waals surface area contributed by atoms with Gasteiger partial charge < -0.3 is 9.08 Å². The summed E-state index contributed by atoms with van der Waals surface area (Å²) in [6, 6.07) is 0. The Morgan fingerprint density at radius 1 is 1.46 bits per heavy atom. The lowest BCUT2D eigenvalue weighted by Gasteiger charge is -2.14. The van der Waals surface area contributed by atoms with Gasteiger partial charge in [-0.2, -0.15) is 0 Å². The summed E-state index contributed by atoms with van der Waals surface area (Å²) >= 11 is 0.563. The molecule has 0 aliphatic heterocycles. The van der Waals surface area contributed by atoms with Gasteiger partial charge in [-0.3, -0.25) is 0 Å². The van der Waals surface area contributed by atoms with Gasteiger partial charge in [0.05, 0.1) is 0 Å². The van der Waals surface area contributed by atoms with Crippen LogP contribution in [0.25, 0.3) is 0 Å². The average molecular weight is 226 g/mol. The van der Waals surface area contributed by atoms with Crippen LogP contribution in [0.3, 0.4) is 0 Å². The summed E-state index contributed by atoms with van der Waals surface area (Å²) in [6.45, 7) is 2.89. The Bertz CT molecular complexity index is 146. The number of unbranched alkanes of at least 4 members (excludes halogenated alkanes) is 3. The van der Waals surface area contributed by atoms with Crippen molar-refractivity contribution in [3.05, 3.63) is 0 Å². The van der Waals surface area contributed by atoms with Crippen LogP contribution in [-0.2, 0) is 4.18 Å². The van der Waals surface area contributed by atoms with Crippen molar-refractivity contribution in [3.8, 4) is 0 Å². The highest BCUT2D eigenvalue weighted by atomic mass is 35.7. The molecule has 0 spiro atoms. The zero-order chi connectivity index (χ0) is 10.1. The van der Waals surface area contributed by atoms with E-state index in [0.29, 0.717) is 11.3 Å². The predicted molar refractivity (Wildman–Crippen MR) is 56.7 cm³/mol. The van der Waals surface area contributed by atoms with Crippen molar-refractivity contribution in [1.82, 2.24) is 4.90 Å². The maximum absolute atomic E-state index is 11.0. The molecule has 0 unspecified atom stereocenters. The van der Waals surface area contributed by atoms with E-state index in [0.717, 1.165) is 19.4 Å². The van der Waals surface area contributed by atoms with Crippen LogP contribution in [0.5, 0.6) is 0 Å². The number of halogens is 1. The summed E-state index contributed by atoms with van der Waals surface area (Å²) in [5.74, 6) is 0. The molecule has 0 saturated carbocycles. The fourth-order valence-electron chi connectivity index (χ4n) is 0.958. The van der Waals surface area contributed by atoms with E-state index >= 15 is 0 Å². The Kier molecular flexibility index (Phi) is 8.45.